The van der Waals surface area contributed by atoms with Crippen LogP contribution in [0.3, 0.4) is 0 Å². The van der Waals surface area contributed by atoms with Gasteiger partial charge in [-0.15, -0.1) is 0 Å². The van der Waals surface area contributed by atoms with Crippen LogP contribution in [0.25, 0.3) is 0 Å². The van der Waals surface area contributed by atoms with E-state index in [1.165, 1.54) is 0 Å². The standard InChI is InChI=1S/C10H13BrN2O2/c1-6-7(11)2-3-10(12-6)13-8-4-15-5-9(8)14/h2-3,8-9,14H,4-5H2,1H3,(H,12,13)/t8-,9-/m1/s1. The molecule has 2 N–H and O–H groups in total. The first-order chi connectivity index (χ1) is 7.16. The van der Waals surface area contributed by atoms with E-state index >= 15 is 0 Å². The molecule has 1 saturated heterocycles. The van der Waals surface area contributed by atoms with Crippen molar-refractivity contribution in [2.24, 2.45) is 0 Å². The van der Waals surface area contributed by atoms with Crippen molar-refractivity contribution < 1.29 is 9.84 Å². The van der Waals surface area contributed by atoms with Gasteiger partial charge in [0, 0.05) is 4.47 Å². The number of aliphatic hydroxyl groups excluding tert-OH is 1. The van der Waals surface area contributed by atoms with E-state index in [4.69, 9.17) is 4.74 Å². The second kappa shape index (κ2) is 4.47. The molecule has 15 heavy (non-hydrogen) atoms. The van der Waals surface area contributed by atoms with Crippen LogP contribution in [-0.2, 0) is 4.74 Å². The van der Waals surface area contributed by atoms with Crippen molar-refractivity contribution in [1.29, 1.82) is 0 Å². The number of aromatic nitrogens is 1. The summed E-state index contributed by atoms with van der Waals surface area (Å²) in [6.07, 6.45) is -0.448. The van der Waals surface area contributed by atoms with Crippen molar-refractivity contribution in [3.05, 3.63) is 22.3 Å². The zero-order valence-corrected chi connectivity index (χ0v) is 9.99. The number of aryl methyl sites for hydroxylation is 1. The smallest absolute Gasteiger partial charge is 0.126 e. The molecule has 82 valence electrons. The van der Waals surface area contributed by atoms with Crippen LogP contribution in [0.15, 0.2) is 16.6 Å². The molecular formula is C10H13BrN2O2. The Kier molecular flexibility index (Phi) is 3.23. The number of pyridine rings is 1. The maximum absolute atomic E-state index is 9.55. The summed E-state index contributed by atoms with van der Waals surface area (Å²) >= 11 is 3.39. The fraction of sp³-hybridized carbons (Fsp3) is 0.500. The first-order valence-corrected chi connectivity index (χ1v) is 5.61. The number of halogens is 1. The average molecular weight is 273 g/mol. The minimum Gasteiger partial charge on any atom is -0.388 e. The molecule has 0 spiro atoms. The van der Waals surface area contributed by atoms with Gasteiger partial charge in [-0.3, -0.25) is 0 Å². The lowest BCUT2D eigenvalue weighted by atomic mass is 10.2. The van der Waals surface area contributed by atoms with Crippen LogP contribution in [0.4, 0.5) is 5.82 Å². The van der Waals surface area contributed by atoms with Gasteiger partial charge in [-0.05, 0) is 35.0 Å². The van der Waals surface area contributed by atoms with E-state index in [2.05, 4.69) is 26.2 Å². The molecule has 0 saturated carbocycles. The SMILES string of the molecule is Cc1nc(N[C@@H]2COC[C@H]2O)ccc1Br. The van der Waals surface area contributed by atoms with Gasteiger partial charge in [-0.1, -0.05) is 0 Å². The van der Waals surface area contributed by atoms with Gasteiger partial charge in [0.2, 0.25) is 0 Å². The highest BCUT2D eigenvalue weighted by Crippen LogP contribution is 2.18. The van der Waals surface area contributed by atoms with E-state index in [1.807, 2.05) is 19.1 Å². The Balaban J connectivity index is 2.07. The van der Waals surface area contributed by atoms with Crippen LogP contribution in [-0.4, -0.2) is 35.5 Å². The Bertz CT molecular complexity index is 359. The van der Waals surface area contributed by atoms with Crippen LogP contribution in [0.1, 0.15) is 5.69 Å². The predicted octanol–water partition coefficient (Wildman–Crippen LogP) is 1.32. The first kappa shape index (κ1) is 10.9. The van der Waals surface area contributed by atoms with Crippen LogP contribution >= 0.6 is 15.9 Å². The van der Waals surface area contributed by atoms with E-state index in [1.54, 1.807) is 0 Å². The van der Waals surface area contributed by atoms with Crippen LogP contribution in [0.5, 0.6) is 0 Å². The van der Waals surface area contributed by atoms with Crippen molar-refractivity contribution in [1.82, 2.24) is 4.98 Å². The number of nitrogens with zero attached hydrogens (tertiary/aromatic N) is 1. The van der Waals surface area contributed by atoms with Crippen LogP contribution < -0.4 is 5.32 Å². The molecule has 0 aliphatic carbocycles. The van der Waals surface area contributed by atoms with E-state index < -0.39 is 6.10 Å². The predicted molar refractivity (Wildman–Crippen MR) is 60.9 cm³/mol. The zero-order valence-electron chi connectivity index (χ0n) is 8.40. The summed E-state index contributed by atoms with van der Waals surface area (Å²) in [6.45, 7) is 2.85. The summed E-state index contributed by atoms with van der Waals surface area (Å²) < 4.78 is 6.13. The third-order valence-corrected chi connectivity index (χ3v) is 3.24. The van der Waals surface area contributed by atoms with Crippen LogP contribution in [0, 0.1) is 6.92 Å². The van der Waals surface area contributed by atoms with Crippen molar-refractivity contribution in [3.8, 4) is 0 Å². The molecule has 1 aromatic rings. The molecular weight excluding hydrogens is 260 g/mol. The summed E-state index contributed by atoms with van der Waals surface area (Å²) in [4.78, 5) is 4.35. The molecule has 0 unspecified atom stereocenters. The maximum atomic E-state index is 9.55. The van der Waals surface area contributed by atoms with Gasteiger partial charge in [-0.25, -0.2) is 4.98 Å². The van der Waals surface area contributed by atoms with Gasteiger partial charge in [0.1, 0.15) is 5.82 Å². The fourth-order valence-electron chi connectivity index (χ4n) is 1.50. The summed E-state index contributed by atoms with van der Waals surface area (Å²) in [6, 6.07) is 3.76. The Morgan fingerprint density at radius 3 is 2.93 bits per heavy atom. The van der Waals surface area contributed by atoms with Crippen molar-refractivity contribution >= 4 is 21.7 Å². The molecule has 2 rings (SSSR count). The Hall–Kier alpha value is -0.650. The molecule has 1 aromatic heterocycles. The van der Waals surface area contributed by atoms with E-state index in [-0.39, 0.29) is 6.04 Å². The number of hydrogen-bond donors (Lipinski definition) is 2. The lowest BCUT2D eigenvalue weighted by molar-refractivity contribution is 0.125. The van der Waals surface area contributed by atoms with E-state index in [0.29, 0.717) is 13.2 Å². The first-order valence-electron chi connectivity index (χ1n) is 4.82. The second-order valence-corrected chi connectivity index (χ2v) is 4.47. The van der Waals surface area contributed by atoms with Crippen molar-refractivity contribution in [2.45, 2.75) is 19.1 Å². The summed E-state index contributed by atoms with van der Waals surface area (Å²) in [5, 5.41) is 12.7. The number of ether oxygens (including phenoxy) is 1. The number of hydrogen-bond acceptors (Lipinski definition) is 4. The summed E-state index contributed by atoms with van der Waals surface area (Å²) in [7, 11) is 0. The molecule has 1 fully saturated rings. The molecule has 5 heteroatoms. The molecule has 1 aliphatic heterocycles. The molecule has 0 radical (unpaired) electrons. The Morgan fingerprint density at radius 1 is 1.53 bits per heavy atom. The van der Waals surface area contributed by atoms with Gasteiger partial charge < -0.3 is 15.2 Å². The minimum absolute atomic E-state index is 0.0573. The number of aliphatic hydroxyl groups is 1. The Morgan fingerprint density at radius 2 is 2.33 bits per heavy atom. The highest BCUT2D eigenvalue weighted by molar-refractivity contribution is 9.10. The third kappa shape index (κ3) is 2.48. The minimum atomic E-state index is -0.448. The van der Waals surface area contributed by atoms with Crippen molar-refractivity contribution in [2.75, 3.05) is 18.5 Å². The van der Waals surface area contributed by atoms with Gasteiger partial charge in [-0.2, -0.15) is 0 Å². The summed E-state index contributed by atoms with van der Waals surface area (Å²) in [5.74, 6) is 0.769. The van der Waals surface area contributed by atoms with Gasteiger partial charge in [0.25, 0.3) is 0 Å². The topological polar surface area (TPSA) is 54.4 Å². The highest BCUT2D eigenvalue weighted by atomic mass is 79.9. The number of anilines is 1. The zero-order chi connectivity index (χ0) is 10.8. The summed E-state index contributed by atoms with van der Waals surface area (Å²) in [5.41, 5.74) is 0.924. The number of nitrogens with one attached hydrogen (secondary N) is 1. The molecule has 0 bridgehead atoms. The normalized spacial score (nSPS) is 25.5. The maximum Gasteiger partial charge on any atom is 0.126 e. The molecule has 0 amide bonds. The lowest BCUT2D eigenvalue weighted by Crippen LogP contribution is -2.32. The quantitative estimate of drug-likeness (QED) is 0.853. The molecule has 0 aromatic carbocycles. The third-order valence-electron chi connectivity index (χ3n) is 2.41. The number of rotatable bonds is 2. The highest BCUT2D eigenvalue weighted by Gasteiger charge is 2.26. The van der Waals surface area contributed by atoms with Crippen molar-refractivity contribution in [3.63, 3.8) is 0 Å². The monoisotopic (exact) mass is 272 g/mol. The van der Waals surface area contributed by atoms with Gasteiger partial charge in [0.05, 0.1) is 31.1 Å². The molecule has 1 aliphatic rings. The molecule has 2 heterocycles. The van der Waals surface area contributed by atoms with E-state index in [0.717, 1.165) is 16.0 Å². The average Bonchev–Trinajstić information content (AvgIpc) is 2.59. The fourth-order valence-corrected chi connectivity index (χ4v) is 1.72. The largest absolute Gasteiger partial charge is 0.388 e. The molecule has 4 nitrogen and oxygen atoms in total. The van der Waals surface area contributed by atoms with Gasteiger partial charge in [0.15, 0.2) is 0 Å². The van der Waals surface area contributed by atoms with Crippen LogP contribution in [0.2, 0.25) is 0 Å². The second-order valence-electron chi connectivity index (χ2n) is 3.62. The van der Waals surface area contributed by atoms with E-state index in [9.17, 15) is 5.11 Å². The Labute approximate surface area is 96.8 Å². The van der Waals surface area contributed by atoms with Gasteiger partial charge >= 0.3 is 0 Å². The lowest BCUT2D eigenvalue weighted by Gasteiger charge is -2.15. The molecule has 2 atom stereocenters.